The van der Waals surface area contributed by atoms with Gasteiger partial charge in [0, 0.05) is 39.1 Å². The molecule has 3 N–H and O–H groups in total. The van der Waals surface area contributed by atoms with Crippen LogP contribution >= 0.6 is 23.2 Å². The number of nitrogens with one attached hydrogen (secondary N) is 3. The number of fused-ring (bicyclic) bond motifs is 1. The first kappa shape index (κ1) is 26.6. The molecule has 184 valence electrons. The summed E-state index contributed by atoms with van der Waals surface area (Å²) >= 11 is 12.1. The number of piperidine rings is 1. The van der Waals surface area contributed by atoms with E-state index in [1.54, 1.807) is 18.2 Å². The molecule has 0 unspecified atom stereocenters. The van der Waals surface area contributed by atoms with Crippen LogP contribution in [0.3, 0.4) is 0 Å². The van der Waals surface area contributed by atoms with Crippen LogP contribution in [0.25, 0.3) is 22.2 Å². The van der Waals surface area contributed by atoms with Gasteiger partial charge in [-0.15, -0.1) is 0 Å². The van der Waals surface area contributed by atoms with Gasteiger partial charge in [0.15, 0.2) is 0 Å². The minimum Gasteiger partial charge on any atom is -0.493 e. The normalized spacial score (nSPS) is 17.2. The Kier molecular flexibility index (Phi) is 8.35. The molecular weight excluding hydrogens is 469 g/mol. The topological polar surface area (TPSA) is 66.2 Å². The molecular formula is C27H35Cl2N3O2. The zero-order chi connectivity index (χ0) is 25.1. The minimum absolute atomic E-state index is 0.273. The summed E-state index contributed by atoms with van der Waals surface area (Å²) < 4.78 is 5.65. The molecule has 0 atom stereocenters. The summed E-state index contributed by atoms with van der Waals surface area (Å²) in [4.78, 5) is 14.2. The molecule has 3 aromatic rings. The van der Waals surface area contributed by atoms with E-state index in [-0.39, 0.29) is 11.1 Å². The lowest BCUT2D eigenvalue weighted by molar-refractivity contribution is 0.112. The number of carbonyl (C=O) groups excluding carboxylic acids is 1. The van der Waals surface area contributed by atoms with Crippen LogP contribution in [-0.4, -0.2) is 42.0 Å². The molecule has 1 aromatic heterocycles. The molecule has 7 heteroatoms. The van der Waals surface area contributed by atoms with E-state index in [2.05, 4.69) is 50.4 Å². The fourth-order valence-corrected chi connectivity index (χ4v) is 5.24. The van der Waals surface area contributed by atoms with Gasteiger partial charge in [-0.2, -0.15) is 0 Å². The van der Waals surface area contributed by atoms with E-state index in [9.17, 15) is 4.79 Å². The highest BCUT2D eigenvalue weighted by Crippen LogP contribution is 2.35. The Balaban J connectivity index is 0.000000229. The minimum atomic E-state index is 0.273. The summed E-state index contributed by atoms with van der Waals surface area (Å²) in [6.45, 7) is 11.5. The van der Waals surface area contributed by atoms with Crippen LogP contribution < -0.4 is 15.4 Å². The van der Waals surface area contributed by atoms with Crippen LogP contribution in [0.1, 0.15) is 57.8 Å². The highest BCUT2D eigenvalue weighted by molar-refractivity contribution is 6.42. The molecule has 1 fully saturated rings. The number of ether oxygens (including phenoxy) is 1. The molecule has 4 rings (SSSR count). The SMILES string of the molecule is CCOc1cc(C=O)ccc1-c1cc2cc(Cl)c(Cl)cc2[nH]1.CNC1CC(C)(C)NC(C)(C)C1. The van der Waals surface area contributed by atoms with E-state index >= 15 is 0 Å². The van der Waals surface area contributed by atoms with E-state index < -0.39 is 0 Å². The summed E-state index contributed by atoms with van der Waals surface area (Å²) in [7, 11) is 2.06. The van der Waals surface area contributed by atoms with Gasteiger partial charge in [-0.25, -0.2) is 0 Å². The first-order valence-electron chi connectivity index (χ1n) is 11.6. The molecule has 1 aliphatic heterocycles. The number of halogens is 2. The predicted octanol–water partition coefficient (Wildman–Crippen LogP) is 6.87. The standard InChI is InChI=1S/C17H13Cl2NO2.C10H22N2/c1-2-22-17-5-10(9-21)3-4-12(17)16-7-11-6-13(18)14(19)8-15(11)20-16;1-9(2)6-8(11-5)7-10(3,4)12-9/h3-9,20H,2H2,1H3;8,11-12H,6-7H2,1-5H3. The maximum absolute atomic E-state index is 10.9. The van der Waals surface area contributed by atoms with Crippen molar-refractivity contribution in [1.29, 1.82) is 0 Å². The maximum Gasteiger partial charge on any atom is 0.150 e. The van der Waals surface area contributed by atoms with Gasteiger partial charge >= 0.3 is 0 Å². The highest BCUT2D eigenvalue weighted by Gasteiger charge is 2.36. The van der Waals surface area contributed by atoms with Gasteiger partial charge in [-0.3, -0.25) is 4.79 Å². The molecule has 0 amide bonds. The second-order valence-corrected chi connectivity index (χ2v) is 10.9. The Morgan fingerprint density at radius 1 is 1.06 bits per heavy atom. The Morgan fingerprint density at radius 2 is 1.71 bits per heavy atom. The number of carbonyl (C=O) groups is 1. The summed E-state index contributed by atoms with van der Waals surface area (Å²) in [5.74, 6) is 0.663. The maximum atomic E-state index is 10.9. The van der Waals surface area contributed by atoms with E-state index in [0.717, 1.165) is 28.4 Å². The van der Waals surface area contributed by atoms with Gasteiger partial charge in [0.2, 0.25) is 0 Å². The third-order valence-electron chi connectivity index (χ3n) is 5.99. The zero-order valence-electron chi connectivity index (χ0n) is 20.8. The average Bonchev–Trinajstić information content (AvgIpc) is 3.14. The molecule has 2 aromatic carbocycles. The molecule has 0 saturated carbocycles. The second kappa shape index (κ2) is 10.7. The van der Waals surface area contributed by atoms with Crippen LogP contribution in [0.15, 0.2) is 36.4 Å². The molecule has 0 spiro atoms. The number of aromatic nitrogens is 1. The van der Waals surface area contributed by atoms with Crippen molar-refractivity contribution in [3.05, 3.63) is 52.0 Å². The number of H-pyrrole nitrogens is 1. The molecule has 0 radical (unpaired) electrons. The van der Waals surface area contributed by atoms with Crippen molar-refractivity contribution in [3.63, 3.8) is 0 Å². The molecule has 0 aliphatic carbocycles. The lowest BCUT2D eigenvalue weighted by atomic mass is 9.80. The number of hydrogen-bond acceptors (Lipinski definition) is 4. The Morgan fingerprint density at radius 3 is 2.29 bits per heavy atom. The van der Waals surface area contributed by atoms with Crippen molar-refractivity contribution in [2.45, 2.75) is 64.6 Å². The van der Waals surface area contributed by atoms with Crippen molar-refractivity contribution < 1.29 is 9.53 Å². The molecule has 1 saturated heterocycles. The number of aldehydes is 1. The fraction of sp³-hybridized carbons (Fsp3) is 0.444. The van der Waals surface area contributed by atoms with E-state index in [1.165, 1.54) is 12.8 Å². The Hall–Kier alpha value is -2.05. The second-order valence-electron chi connectivity index (χ2n) is 10.1. The lowest BCUT2D eigenvalue weighted by Crippen LogP contribution is -2.61. The fourth-order valence-electron chi connectivity index (χ4n) is 4.91. The first-order chi connectivity index (χ1) is 16.0. The first-order valence-corrected chi connectivity index (χ1v) is 12.4. The molecule has 1 aliphatic rings. The van der Waals surface area contributed by atoms with Gasteiger partial charge in [-0.05, 0) is 84.8 Å². The number of aromatic amines is 1. The summed E-state index contributed by atoms with van der Waals surface area (Å²) in [5.41, 5.74) is 3.79. The lowest BCUT2D eigenvalue weighted by Gasteiger charge is -2.46. The van der Waals surface area contributed by atoms with Crippen LogP contribution in [-0.2, 0) is 0 Å². The van der Waals surface area contributed by atoms with Gasteiger partial charge in [0.1, 0.15) is 12.0 Å². The van der Waals surface area contributed by atoms with Crippen molar-refractivity contribution in [2.24, 2.45) is 0 Å². The van der Waals surface area contributed by atoms with Crippen LogP contribution in [0.4, 0.5) is 0 Å². The third kappa shape index (κ3) is 6.54. The van der Waals surface area contributed by atoms with Gasteiger partial charge in [0.25, 0.3) is 0 Å². The molecule has 5 nitrogen and oxygen atoms in total. The molecule has 0 bridgehead atoms. The Labute approximate surface area is 212 Å². The number of benzene rings is 2. The quantitative estimate of drug-likeness (QED) is 0.332. The zero-order valence-corrected chi connectivity index (χ0v) is 22.3. The van der Waals surface area contributed by atoms with E-state index in [0.29, 0.717) is 34.0 Å². The smallest absolute Gasteiger partial charge is 0.150 e. The van der Waals surface area contributed by atoms with Gasteiger partial charge < -0.3 is 20.4 Å². The summed E-state index contributed by atoms with van der Waals surface area (Å²) in [5, 5.41) is 9.01. The van der Waals surface area contributed by atoms with E-state index in [4.69, 9.17) is 27.9 Å². The number of rotatable bonds is 5. The van der Waals surface area contributed by atoms with Crippen molar-refractivity contribution in [1.82, 2.24) is 15.6 Å². The summed E-state index contributed by atoms with van der Waals surface area (Å²) in [6, 6.07) is 11.6. The van der Waals surface area contributed by atoms with Crippen molar-refractivity contribution in [3.8, 4) is 17.0 Å². The summed E-state index contributed by atoms with van der Waals surface area (Å²) in [6.07, 6.45) is 3.23. The molecule has 34 heavy (non-hydrogen) atoms. The highest BCUT2D eigenvalue weighted by atomic mass is 35.5. The van der Waals surface area contributed by atoms with E-state index in [1.807, 2.05) is 25.1 Å². The van der Waals surface area contributed by atoms with Crippen molar-refractivity contribution >= 4 is 40.4 Å². The van der Waals surface area contributed by atoms with Crippen LogP contribution in [0.2, 0.25) is 10.0 Å². The predicted molar refractivity (Wildman–Crippen MR) is 144 cm³/mol. The molecule has 2 heterocycles. The Bertz CT molecular complexity index is 1100. The average molecular weight is 505 g/mol. The largest absolute Gasteiger partial charge is 0.493 e. The third-order valence-corrected chi connectivity index (χ3v) is 6.71. The van der Waals surface area contributed by atoms with Gasteiger partial charge in [-0.1, -0.05) is 29.3 Å². The van der Waals surface area contributed by atoms with Gasteiger partial charge in [0.05, 0.1) is 22.3 Å². The monoisotopic (exact) mass is 503 g/mol. The number of hydrogen-bond donors (Lipinski definition) is 3. The van der Waals surface area contributed by atoms with Crippen molar-refractivity contribution in [2.75, 3.05) is 13.7 Å². The van der Waals surface area contributed by atoms with Crippen LogP contribution in [0.5, 0.6) is 5.75 Å². The van der Waals surface area contributed by atoms with Crippen LogP contribution in [0, 0.1) is 0 Å².